The number of nitrogens with zero attached hydrogens (tertiary/aromatic N) is 3. The van der Waals surface area contributed by atoms with E-state index in [1.165, 1.54) is 29.3 Å². The van der Waals surface area contributed by atoms with Crippen molar-refractivity contribution in [1.82, 2.24) is 20.2 Å². The maximum atomic E-state index is 13.5. The summed E-state index contributed by atoms with van der Waals surface area (Å²) in [5, 5.41) is 6.68. The van der Waals surface area contributed by atoms with E-state index >= 15 is 0 Å². The van der Waals surface area contributed by atoms with Gasteiger partial charge in [0.2, 0.25) is 0 Å². The van der Waals surface area contributed by atoms with Gasteiger partial charge in [0.15, 0.2) is 11.6 Å². The number of anilines is 2. The standard InChI is InChI=1S/C23H19F2N5OS/c24-18-7-6-15(8-19(18)25)28-21-17-9-20(32-23(17)27-13-26-21)22(31)29-16-11-30(12-16)10-14-4-2-1-3-5-14/h1-9,13,16H,10-12H2,(H,29,31)(H,26,27,28). The Balaban J connectivity index is 1.24. The Morgan fingerprint density at radius 1 is 1.06 bits per heavy atom. The number of carbonyl (C=O) groups excluding carboxylic acids is 1. The van der Waals surface area contributed by atoms with Crippen molar-refractivity contribution < 1.29 is 13.6 Å². The molecule has 1 fully saturated rings. The van der Waals surface area contributed by atoms with E-state index in [2.05, 4.69) is 37.6 Å². The number of nitrogens with one attached hydrogen (secondary N) is 2. The lowest BCUT2D eigenvalue weighted by Gasteiger charge is -2.39. The van der Waals surface area contributed by atoms with Crippen molar-refractivity contribution in [3.05, 3.63) is 83.0 Å². The van der Waals surface area contributed by atoms with E-state index < -0.39 is 11.6 Å². The molecule has 0 atom stereocenters. The summed E-state index contributed by atoms with van der Waals surface area (Å²) in [5.41, 5.74) is 1.61. The lowest BCUT2D eigenvalue weighted by molar-refractivity contribution is 0.0799. The highest BCUT2D eigenvalue weighted by Crippen LogP contribution is 2.30. The van der Waals surface area contributed by atoms with Crippen LogP contribution in [0.2, 0.25) is 0 Å². The van der Waals surface area contributed by atoms with Crippen LogP contribution < -0.4 is 10.6 Å². The average Bonchev–Trinajstić information content (AvgIpc) is 3.21. The van der Waals surface area contributed by atoms with Crippen LogP contribution >= 0.6 is 11.3 Å². The molecule has 0 bridgehead atoms. The summed E-state index contributed by atoms with van der Waals surface area (Å²) < 4.78 is 26.7. The molecule has 1 amide bonds. The summed E-state index contributed by atoms with van der Waals surface area (Å²) in [4.78, 5) is 24.6. The van der Waals surface area contributed by atoms with Gasteiger partial charge in [0.1, 0.15) is 17.0 Å². The molecule has 162 valence electrons. The molecular formula is C23H19F2N5OS. The fraction of sp³-hybridized carbons (Fsp3) is 0.174. The number of fused-ring (bicyclic) bond motifs is 1. The topological polar surface area (TPSA) is 70.2 Å². The Kier molecular flexibility index (Phi) is 5.50. The van der Waals surface area contributed by atoms with Crippen LogP contribution in [0.25, 0.3) is 10.2 Å². The molecule has 2 aromatic heterocycles. The molecule has 0 aliphatic carbocycles. The number of aromatic nitrogens is 2. The zero-order valence-electron chi connectivity index (χ0n) is 16.9. The Morgan fingerprint density at radius 2 is 1.88 bits per heavy atom. The van der Waals surface area contributed by atoms with Gasteiger partial charge < -0.3 is 10.6 Å². The lowest BCUT2D eigenvalue weighted by Crippen LogP contribution is -2.58. The van der Waals surface area contributed by atoms with Gasteiger partial charge in [-0.25, -0.2) is 18.7 Å². The van der Waals surface area contributed by atoms with Crippen LogP contribution in [0.5, 0.6) is 0 Å². The van der Waals surface area contributed by atoms with Crippen LogP contribution in [0.4, 0.5) is 20.3 Å². The first-order valence-electron chi connectivity index (χ1n) is 10.1. The van der Waals surface area contributed by atoms with Gasteiger partial charge in [0.25, 0.3) is 5.91 Å². The normalized spacial score (nSPS) is 14.3. The van der Waals surface area contributed by atoms with Crippen LogP contribution in [0, 0.1) is 11.6 Å². The highest BCUT2D eigenvalue weighted by atomic mass is 32.1. The van der Waals surface area contributed by atoms with Crippen LogP contribution in [-0.2, 0) is 6.54 Å². The SMILES string of the molecule is O=C(NC1CN(Cc2ccccc2)C1)c1cc2c(Nc3ccc(F)c(F)c3)ncnc2s1. The maximum Gasteiger partial charge on any atom is 0.261 e. The molecule has 6 nitrogen and oxygen atoms in total. The molecule has 4 aromatic rings. The Labute approximate surface area is 186 Å². The summed E-state index contributed by atoms with van der Waals surface area (Å²) in [7, 11) is 0. The van der Waals surface area contributed by atoms with Gasteiger partial charge in [-0.2, -0.15) is 0 Å². The Bertz CT molecular complexity index is 1270. The summed E-state index contributed by atoms with van der Waals surface area (Å²) in [5.74, 6) is -1.60. The van der Waals surface area contributed by atoms with Crippen LogP contribution in [0.15, 0.2) is 60.9 Å². The number of hydrogen-bond donors (Lipinski definition) is 2. The minimum absolute atomic E-state index is 0.0993. The van der Waals surface area contributed by atoms with E-state index in [4.69, 9.17) is 0 Å². The van der Waals surface area contributed by atoms with Crippen LogP contribution in [0.1, 0.15) is 15.2 Å². The average molecular weight is 452 g/mol. The second-order valence-corrected chi connectivity index (χ2v) is 8.69. The van der Waals surface area contributed by atoms with E-state index in [0.29, 0.717) is 26.6 Å². The molecule has 1 aliphatic rings. The summed E-state index contributed by atoms with van der Waals surface area (Å²) in [6.45, 7) is 2.47. The van der Waals surface area contributed by atoms with Crippen LogP contribution in [0.3, 0.4) is 0 Å². The molecule has 5 rings (SSSR count). The number of carbonyl (C=O) groups is 1. The lowest BCUT2D eigenvalue weighted by atomic mass is 10.1. The molecular weight excluding hydrogens is 432 g/mol. The highest BCUT2D eigenvalue weighted by molar-refractivity contribution is 7.20. The number of amides is 1. The second kappa shape index (κ2) is 8.60. The maximum absolute atomic E-state index is 13.5. The molecule has 1 aliphatic heterocycles. The number of benzene rings is 2. The number of hydrogen-bond acceptors (Lipinski definition) is 6. The van der Waals surface area contributed by atoms with E-state index in [1.54, 1.807) is 6.07 Å². The highest BCUT2D eigenvalue weighted by Gasteiger charge is 2.28. The first kappa shape index (κ1) is 20.5. The second-order valence-electron chi connectivity index (χ2n) is 7.66. The number of rotatable bonds is 6. The van der Waals surface area contributed by atoms with Crippen molar-refractivity contribution in [2.24, 2.45) is 0 Å². The third kappa shape index (κ3) is 4.30. The fourth-order valence-electron chi connectivity index (χ4n) is 3.67. The number of thiophene rings is 1. The quantitative estimate of drug-likeness (QED) is 0.457. The molecule has 0 saturated carbocycles. The van der Waals surface area contributed by atoms with Crippen molar-refractivity contribution in [1.29, 1.82) is 0 Å². The largest absolute Gasteiger partial charge is 0.346 e. The zero-order chi connectivity index (χ0) is 22.1. The van der Waals surface area contributed by atoms with Crippen molar-refractivity contribution >= 4 is 39.0 Å². The molecule has 2 N–H and O–H groups in total. The smallest absolute Gasteiger partial charge is 0.261 e. The Hall–Kier alpha value is -3.43. The molecule has 9 heteroatoms. The van der Waals surface area contributed by atoms with E-state index in [9.17, 15) is 13.6 Å². The molecule has 0 spiro atoms. The molecule has 0 unspecified atom stereocenters. The first-order chi connectivity index (χ1) is 15.5. The molecule has 0 radical (unpaired) electrons. The monoisotopic (exact) mass is 451 g/mol. The zero-order valence-corrected chi connectivity index (χ0v) is 17.7. The third-order valence-electron chi connectivity index (χ3n) is 5.28. The van der Waals surface area contributed by atoms with Gasteiger partial charge in [-0.3, -0.25) is 9.69 Å². The van der Waals surface area contributed by atoms with Gasteiger partial charge >= 0.3 is 0 Å². The van der Waals surface area contributed by atoms with Gasteiger partial charge in [-0.05, 0) is 23.8 Å². The molecule has 3 heterocycles. The molecule has 2 aromatic carbocycles. The van der Waals surface area contributed by atoms with Crippen molar-refractivity contribution in [3.8, 4) is 0 Å². The van der Waals surface area contributed by atoms with Crippen molar-refractivity contribution in [2.75, 3.05) is 18.4 Å². The minimum atomic E-state index is -0.951. The van der Waals surface area contributed by atoms with Gasteiger partial charge in [-0.15, -0.1) is 11.3 Å². The van der Waals surface area contributed by atoms with E-state index in [0.717, 1.165) is 31.8 Å². The first-order valence-corrected chi connectivity index (χ1v) is 10.9. The van der Waals surface area contributed by atoms with Crippen molar-refractivity contribution in [3.63, 3.8) is 0 Å². The third-order valence-corrected chi connectivity index (χ3v) is 6.32. The summed E-state index contributed by atoms with van der Waals surface area (Å²) in [6.07, 6.45) is 1.37. The Morgan fingerprint density at radius 3 is 2.66 bits per heavy atom. The molecule has 1 saturated heterocycles. The van der Waals surface area contributed by atoms with Crippen molar-refractivity contribution in [2.45, 2.75) is 12.6 Å². The van der Waals surface area contributed by atoms with Crippen LogP contribution in [-0.4, -0.2) is 39.9 Å². The van der Waals surface area contributed by atoms with Gasteiger partial charge in [-0.1, -0.05) is 30.3 Å². The van der Waals surface area contributed by atoms with E-state index in [-0.39, 0.29) is 11.9 Å². The number of likely N-dealkylation sites (tertiary alicyclic amines) is 1. The number of halogens is 2. The summed E-state index contributed by atoms with van der Waals surface area (Å²) >= 11 is 1.26. The molecule has 32 heavy (non-hydrogen) atoms. The van der Waals surface area contributed by atoms with Gasteiger partial charge in [0.05, 0.1) is 16.3 Å². The van der Waals surface area contributed by atoms with E-state index in [1.807, 2.05) is 18.2 Å². The predicted molar refractivity (Wildman–Crippen MR) is 120 cm³/mol. The fourth-order valence-corrected chi connectivity index (χ4v) is 4.57. The minimum Gasteiger partial charge on any atom is -0.346 e. The predicted octanol–water partition coefficient (Wildman–Crippen LogP) is 4.33. The van der Waals surface area contributed by atoms with Gasteiger partial charge in [0, 0.05) is 31.4 Å². The summed E-state index contributed by atoms with van der Waals surface area (Å²) in [6, 6.07) is 15.6.